The van der Waals surface area contributed by atoms with Gasteiger partial charge in [-0.15, -0.1) is 0 Å². The van der Waals surface area contributed by atoms with Gasteiger partial charge in [0.15, 0.2) is 0 Å². The molecule has 0 heterocycles. The molecule has 0 aliphatic rings. The molecule has 198 valence electrons. The van der Waals surface area contributed by atoms with E-state index in [2.05, 4.69) is 5.32 Å². The van der Waals surface area contributed by atoms with Gasteiger partial charge in [-0.2, -0.15) is 0 Å². The molecular formula is C27H38FN3O4S. The SMILES string of the molecule is CCCCNC(=O)C(CC)N(Cc1ccc(F)cc1)C(=O)CCCN(c1ccccc1C)S(C)(=O)=O. The smallest absolute Gasteiger partial charge is 0.242 e. The minimum absolute atomic E-state index is 0.0673. The van der Waals surface area contributed by atoms with Crippen LogP contribution in [-0.4, -0.2) is 50.5 Å². The molecule has 0 aromatic heterocycles. The molecule has 0 saturated heterocycles. The van der Waals surface area contributed by atoms with Crippen LogP contribution in [0.25, 0.3) is 0 Å². The number of sulfonamides is 1. The normalized spacial score (nSPS) is 12.1. The average molecular weight is 520 g/mol. The molecule has 2 aromatic carbocycles. The molecule has 1 unspecified atom stereocenters. The zero-order valence-electron chi connectivity index (χ0n) is 21.7. The van der Waals surface area contributed by atoms with Crippen LogP contribution < -0.4 is 9.62 Å². The number of nitrogens with zero attached hydrogens (tertiary/aromatic N) is 2. The first-order chi connectivity index (χ1) is 17.1. The number of benzene rings is 2. The van der Waals surface area contributed by atoms with Crippen LogP contribution in [0.5, 0.6) is 0 Å². The molecular weight excluding hydrogens is 481 g/mol. The molecule has 1 N–H and O–H groups in total. The maximum Gasteiger partial charge on any atom is 0.242 e. The lowest BCUT2D eigenvalue weighted by molar-refractivity contribution is -0.141. The van der Waals surface area contributed by atoms with Crippen molar-refractivity contribution in [3.8, 4) is 0 Å². The van der Waals surface area contributed by atoms with Gasteiger partial charge in [0.05, 0.1) is 11.9 Å². The van der Waals surface area contributed by atoms with Crippen LogP contribution in [0.3, 0.4) is 0 Å². The summed E-state index contributed by atoms with van der Waals surface area (Å²) in [6.07, 6.45) is 3.70. The summed E-state index contributed by atoms with van der Waals surface area (Å²) < 4.78 is 39.7. The summed E-state index contributed by atoms with van der Waals surface area (Å²) >= 11 is 0. The van der Waals surface area contributed by atoms with Gasteiger partial charge < -0.3 is 10.2 Å². The van der Waals surface area contributed by atoms with Crippen molar-refractivity contribution in [3.63, 3.8) is 0 Å². The largest absolute Gasteiger partial charge is 0.354 e. The second kappa shape index (κ2) is 14.0. The van der Waals surface area contributed by atoms with Gasteiger partial charge in [0, 0.05) is 26.1 Å². The molecule has 7 nitrogen and oxygen atoms in total. The number of unbranched alkanes of at least 4 members (excludes halogenated alkanes) is 1. The standard InChI is InChI=1S/C27H38FN3O4S/c1-5-7-18-29-27(33)24(6-2)30(20-22-14-16-23(28)17-15-22)26(32)13-10-19-31(36(4,34)35)25-12-9-8-11-21(25)3/h8-9,11-12,14-17,24H,5-7,10,13,18-20H2,1-4H3,(H,29,33). The van der Waals surface area contributed by atoms with Crippen molar-refractivity contribution in [2.45, 2.75) is 65.5 Å². The molecule has 2 aromatic rings. The van der Waals surface area contributed by atoms with E-state index in [1.54, 1.807) is 24.3 Å². The molecule has 0 aliphatic carbocycles. The molecule has 1 atom stereocenters. The number of anilines is 1. The molecule has 2 rings (SSSR count). The van der Waals surface area contributed by atoms with E-state index in [-0.39, 0.29) is 43.6 Å². The van der Waals surface area contributed by atoms with Crippen molar-refractivity contribution in [3.05, 3.63) is 65.5 Å². The first-order valence-corrected chi connectivity index (χ1v) is 14.3. The van der Waals surface area contributed by atoms with Crippen LogP contribution in [-0.2, 0) is 26.2 Å². The minimum atomic E-state index is -3.55. The number of hydrogen-bond donors (Lipinski definition) is 1. The Morgan fingerprint density at radius 2 is 1.69 bits per heavy atom. The van der Waals surface area contributed by atoms with Crippen molar-refractivity contribution in [2.24, 2.45) is 0 Å². The quantitative estimate of drug-likeness (QED) is 0.375. The Hall–Kier alpha value is -2.94. The van der Waals surface area contributed by atoms with Gasteiger partial charge in [0.1, 0.15) is 11.9 Å². The molecule has 0 saturated carbocycles. The van der Waals surface area contributed by atoms with Crippen LogP contribution in [0.2, 0.25) is 0 Å². The highest BCUT2D eigenvalue weighted by Crippen LogP contribution is 2.23. The summed E-state index contributed by atoms with van der Waals surface area (Å²) in [5, 5.41) is 2.91. The van der Waals surface area contributed by atoms with E-state index in [4.69, 9.17) is 0 Å². The van der Waals surface area contributed by atoms with Gasteiger partial charge in [-0.3, -0.25) is 13.9 Å². The summed E-state index contributed by atoms with van der Waals surface area (Å²) in [4.78, 5) is 27.8. The van der Waals surface area contributed by atoms with E-state index < -0.39 is 16.1 Å². The highest BCUT2D eigenvalue weighted by Gasteiger charge is 2.28. The number of rotatable bonds is 14. The van der Waals surface area contributed by atoms with E-state index in [0.717, 1.165) is 24.7 Å². The number of halogens is 1. The third-order valence-corrected chi connectivity index (χ3v) is 7.20. The lowest BCUT2D eigenvalue weighted by Crippen LogP contribution is -2.49. The number of nitrogens with one attached hydrogen (secondary N) is 1. The minimum Gasteiger partial charge on any atom is -0.354 e. The third-order valence-electron chi connectivity index (χ3n) is 6.02. The van der Waals surface area contributed by atoms with Gasteiger partial charge in [-0.05, 0) is 55.5 Å². The fourth-order valence-electron chi connectivity index (χ4n) is 4.04. The number of hydrogen-bond acceptors (Lipinski definition) is 4. The molecule has 0 bridgehead atoms. The second-order valence-corrected chi connectivity index (χ2v) is 10.8. The molecule has 2 amide bonds. The van der Waals surface area contributed by atoms with Crippen molar-refractivity contribution < 1.29 is 22.4 Å². The highest BCUT2D eigenvalue weighted by atomic mass is 32.2. The van der Waals surface area contributed by atoms with E-state index in [0.29, 0.717) is 24.2 Å². The molecule has 9 heteroatoms. The van der Waals surface area contributed by atoms with Crippen LogP contribution in [0.1, 0.15) is 57.1 Å². The first-order valence-electron chi connectivity index (χ1n) is 12.4. The second-order valence-electron chi connectivity index (χ2n) is 8.94. The van der Waals surface area contributed by atoms with Gasteiger partial charge >= 0.3 is 0 Å². The monoisotopic (exact) mass is 519 g/mol. The summed E-state index contributed by atoms with van der Waals surface area (Å²) in [6, 6.07) is 12.4. The Morgan fingerprint density at radius 3 is 2.28 bits per heavy atom. The highest BCUT2D eigenvalue weighted by molar-refractivity contribution is 7.92. The zero-order chi connectivity index (χ0) is 26.7. The van der Waals surface area contributed by atoms with Crippen molar-refractivity contribution in [1.82, 2.24) is 10.2 Å². The van der Waals surface area contributed by atoms with E-state index >= 15 is 0 Å². The number of para-hydroxylation sites is 1. The molecule has 0 aliphatic heterocycles. The van der Waals surface area contributed by atoms with Gasteiger partial charge in [-0.25, -0.2) is 12.8 Å². The number of carbonyl (C=O) groups is 2. The van der Waals surface area contributed by atoms with Crippen LogP contribution in [0, 0.1) is 12.7 Å². The van der Waals surface area contributed by atoms with Gasteiger partial charge in [-0.1, -0.05) is 50.6 Å². The number of amides is 2. The van der Waals surface area contributed by atoms with Crippen molar-refractivity contribution in [1.29, 1.82) is 0 Å². The van der Waals surface area contributed by atoms with Crippen LogP contribution in [0.15, 0.2) is 48.5 Å². The lowest BCUT2D eigenvalue weighted by atomic mass is 10.1. The molecule has 0 fully saturated rings. The average Bonchev–Trinajstić information content (AvgIpc) is 2.83. The Bertz CT molecular complexity index is 1110. The maximum absolute atomic E-state index is 13.4. The predicted octanol–water partition coefficient (Wildman–Crippen LogP) is 4.40. The van der Waals surface area contributed by atoms with Crippen molar-refractivity contribution in [2.75, 3.05) is 23.7 Å². The Balaban J connectivity index is 2.20. The predicted molar refractivity (Wildman–Crippen MR) is 142 cm³/mol. The summed E-state index contributed by atoms with van der Waals surface area (Å²) in [7, 11) is -3.55. The molecule has 0 spiro atoms. The zero-order valence-corrected chi connectivity index (χ0v) is 22.5. The molecule has 0 radical (unpaired) electrons. The Labute approximate surface area is 214 Å². The maximum atomic E-state index is 13.4. The topological polar surface area (TPSA) is 86.8 Å². The Kier molecular flexibility index (Phi) is 11.4. The summed E-state index contributed by atoms with van der Waals surface area (Å²) in [5.41, 5.74) is 2.11. The van der Waals surface area contributed by atoms with Crippen molar-refractivity contribution >= 4 is 27.5 Å². The van der Waals surface area contributed by atoms with Crippen LogP contribution in [0.4, 0.5) is 10.1 Å². The van der Waals surface area contributed by atoms with Gasteiger partial charge in [0.25, 0.3) is 0 Å². The third kappa shape index (κ3) is 8.62. The number of carbonyl (C=O) groups excluding carboxylic acids is 2. The summed E-state index contributed by atoms with van der Waals surface area (Å²) in [6.45, 7) is 6.55. The fourth-order valence-corrected chi connectivity index (χ4v) is 5.06. The van der Waals surface area contributed by atoms with E-state index in [1.165, 1.54) is 21.3 Å². The van der Waals surface area contributed by atoms with Gasteiger partial charge in [0.2, 0.25) is 21.8 Å². The number of aryl methyl sites for hydroxylation is 1. The molecule has 36 heavy (non-hydrogen) atoms. The Morgan fingerprint density at radius 1 is 1.03 bits per heavy atom. The lowest BCUT2D eigenvalue weighted by Gasteiger charge is -2.31. The van der Waals surface area contributed by atoms with E-state index in [9.17, 15) is 22.4 Å². The summed E-state index contributed by atoms with van der Waals surface area (Å²) in [5.74, 6) is -0.854. The fraction of sp³-hybridized carbons (Fsp3) is 0.481. The first kappa shape index (κ1) is 29.3. The van der Waals surface area contributed by atoms with E-state index in [1.807, 2.05) is 32.9 Å². The van der Waals surface area contributed by atoms with Crippen LogP contribution >= 0.6 is 0 Å².